The van der Waals surface area contributed by atoms with Crippen LogP contribution in [0.2, 0.25) is 0 Å². The van der Waals surface area contributed by atoms with Crippen LogP contribution in [0.25, 0.3) is 0 Å². The molecular weight excluding hydrogens is 156 g/mol. The summed E-state index contributed by atoms with van der Waals surface area (Å²) >= 11 is 4.71. The van der Waals surface area contributed by atoms with Crippen molar-refractivity contribution in [3.63, 3.8) is 0 Å². The summed E-state index contributed by atoms with van der Waals surface area (Å²) in [5, 5.41) is 3.08. The number of hydrogen-bond acceptors (Lipinski definition) is 2. The zero-order chi connectivity index (χ0) is 8.10. The third-order valence-electron chi connectivity index (χ3n) is 1.24. The van der Waals surface area contributed by atoms with E-state index in [9.17, 15) is 0 Å². The molecule has 0 aliphatic heterocycles. The maximum absolute atomic E-state index is 5.31. The second kappa shape index (κ2) is 3.93. The average Bonchev–Trinajstić information content (AvgIpc) is 2.03. The van der Waals surface area contributed by atoms with Gasteiger partial charge in [-0.15, -0.1) is 0 Å². The fourth-order valence-corrected chi connectivity index (χ4v) is 0.817. The largest absolute Gasteiger partial charge is 0.392 e. The third-order valence-corrected chi connectivity index (χ3v) is 1.38. The molecule has 0 spiro atoms. The molecule has 3 N–H and O–H groups in total. The van der Waals surface area contributed by atoms with Crippen LogP contribution >= 0.6 is 12.2 Å². The Balaban J connectivity index is 2.45. The van der Waals surface area contributed by atoms with Crippen LogP contribution in [0.3, 0.4) is 0 Å². The number of nitrogens with two attached hydrogens (primary N) is 1. The van der Waals surface area contributed by atoms with Crippen LogP contribution in [-0.4, -0.2) is 11.5 Å². The van der Waals surface area contributed by atoms with E-state index in [1.54, 1.807) is 0 Å². The molecule has 0 amide bonds. The standard InChI is InChI=1S/C8H10N2S/c9-8(11)6-10-7-4-2-1-3-5-7/h1-5,10H,6H2,(H2,9,11). The minimum absolute atomic E-state index is 0.480. The van der Waals surface area contributed by atoms with Crippen molar-refractivity contribution in [2.24, 2.45) is 5.73 Å². The van der Waals surface area contributed by atoms with Gasteiger partial charge < -0.3 is 11.1 Å². The number of anilines is 1. The fraction of sp³-hybridized carbons (Fsp3) is 0.125. The Morgan fingerprint density at radius 2 is 2.00 bits per heavy atom. The zero-order valence-electron chi connectivity index (χ0n) is 6.08. The first-order chi connectivity index (χ1) is 5.29. The summed E-state index contributed by atoms with van der Waals surface area (Å²) < 4.78 is 0. The van der Waals surface area contributed by atoms with Gasteiger partial charge in [0.25, 0.3) is 0 Å². The van der Waals surface area contributed by atoms with Gasteiger partial charge in [0.2, 0.25) is 0 Å². The summed E-state index contributed by atoms with van der Waals surface area (Å²) in [6.07, 6.45) is 0. The van der Waals surface area contributed by atoms with E-state index in [0.29, 0.717) is 11.5 Å². The lowest BCUT2D eigenvalue weighted by Crippen LogP contribution is -2.19. The van der Waals surface area contributed by atoms with Gasteiger partial charge in [0.05, 0.1) is 11.5 Å². The second-order valence-electron chi connectivity index (χ2n) is 2.19. The Morgan fingerprint density at radius 3 is 2.55 bits per heavy atom. The molecule has 0 fully saturated rings. The first-order valence-corrected chi connectivity index (χ1v) is 3.77. The van der Waals surface area contributed by atoms with Gasteiger partial charge >= 0.3 is 0 Å². The lowest BCUT2D eigenvalue weighted by atomic mass is 10.3. The van der Waals surface area contributed by atoms with Crippen LogP contribution in [0.5, 0.6) is 0 Å². The van der Waals surface area contributed by atoms with Crippen molar-refractivity contribution in [2.75, 3.05) is 11.9 Å². The van der Waals surface area contributed by atoms with Crippen molar-refractivity contribution >= 4 is 22.9 Å². The smallest absolute Gasteiger partial charge is 0.0921 e. The van der Waals surface area contributed by atoms with Gasteiger partial charge in [-0.1, -0.05) is 30.4 Å². The van der Waals surface area contributed by atoms with E-state index < -0.39 is 0 Å². The maximum atomic E-state index is 5.31. The van der Waals surface area contributed by atoms with E-state index >= 15 is 0 Å². The highest BCUT2D eigenvalue weighted by Gasteiger charge is 1.88. The van der Waals surface area contributed by atoms with Gasteiger partial charge in [-0.25, -0.2) is 0 Å². The molecule has 58 valence electrons. The average molecular weight is 166 g/mol. The minimum atomic E-state index is 0.480. The quantitative estimate of drug-likeness (QED) is 0.666. The van der Waals surface area contributed by atoms with Crippen LogP contribution in [0, 0.1) is 0 Å². The molecule has 3 heteroatoms. The lowest BCUT2D eigenvalue weighted by Gasteiger charge is -2.02. The van der Waals surface area contributed by atoms with Crippen molar-refractivity contribution in [1.82, 2.24) is 0 Å². The van der Waals surface area contributed by atoms with Crippen LogP contribution in [0.4, 0.5) is 5.69 Å². The number of nitrogens with one attached hydrogen (secondary N) is 1. The predicted molar refractivity (Wildman–Crippen MR) is 51.7 cm³/mol. The van der Waals surface area contributed by atoms with E-state index in [0.717, 1.165) is 5.69 Å². The molecule has 1 aromatic carbocycles. The molecule has 1 rings (SSSR count). The van der Waals surface area contributed by atoms with Crippen molar-refractivity contribution in [3.8, 4) is 0 Å². The molecule has 0 aromatic heterocycles. The van der Waals surface area contributed by atoms with Crippen molar-refractivity contribution in [1.29, 1.82) is 0 Å². The molecule has 0 saturated heterocycles. The molecule has 0 aliphatic carbocycles. The molecule has 0 saturated carbocycles. The van der Waals surface area contributed by atoms with E-state index in [4.69, 9.17) is 18.0 Å². The highest BCUT2D eigenvalue weighted by Crippen LogP contribution is 2.03. The van der Waals surface area contributed by atoms with Gasteiger partial charge in [0.1, 0.15) is 0 Å². The van der Waals surface area contributed by atoms with Crippen LogP contribution in [0.15, 0.2) is 30.3 Å². The normalized spacial score (nSPS) is 9.09. The first-order valence-electron chi connectivity index (χ1n) is 3.36. The van der Waals surface area contributed by atoms with Crippen molar-refractivity contribution < 1.29 is 0 Å². The molecule has 0 bridgehead atoms. The maximum Gasteiger partial charge on any atom is 0.0921 e. The van der Waals surface area contributed by atoms with Gasteiger partial charge in [0.15, 0.2) is 0 Å². The van der Waals surface area contributed by atoms with E-state index in [1.165, 1.54) is 0 Å². The molecule has 0 radical (unpaired) electrons. The first kappa shape index (κ1) is 8.01. The second-order valence-corrected chi connectivity index (χ2v) is 2.71. The zero-order valence-corrected chi connectivity index (χ0v) is 6.90. The summed E-state index contributed by atoms with van der Waals surface area (Å²) in [7, 11) is 0. The van der Waals surface area contributed by atoms with Crippen LogP contribution < -0.4 is 11.1 Å². The topological polar surface area (TPSA) is 38.0 Å². The SMILES string of the molecule is NC(=S)CNc1ccccc1. The molecule has 1 aromatic rings. The Hall–Kier alpha value is -1.09. The van der Waals surface area contributed by atoms with Crippen LogP contribution in [-0.2, 0) is 0 Å². The molecule has 0 heterocycles. The Kier molecular flexibility index (Phi) is 2.86. The number of benzene rings is 1. The van der Waals surface area contributed by atoms with Gasteiger partial charge in [-0.2, -0.15) is 0 Å². The van der Waals surface area contributed by atoms with E-state index in [-0.39, 0.29) is 0 Å². The molecule has 11 heavy (non-hydrogen) atoms. The molecule has 0 aliphatic rings. The number of rotatable bonds is 3. The summed E-state index contributed by atoms with van der Waals surface area (Å²) in [5.74, 6) is 0. The van der Waals surface area contributed by atoms with Gasteiger partial charge in [-0.05, 0) is 12.1 Å². The number of hydrogen-bond donors (Lipinski definition) is 2. The van der Waals surface area contributed by atoms with Gasteiger partial charge in [0, 0.05) is 5.69 Å². The lowest BCUT2D eigenvalue weighted by molar-refractivity contribution is 1.38. The molecule has 0 atom stereocenters. The highest BCUT2D eigenvalue weighted by atomic mass is 32.1. The Morgan fingerprint density at radius 1 is 1.36 bits per heavy atom. The Labute approximate surface area is 71.4 Å². The molecular formula is C8H10N2S. The van der Waals surface area contributed by atoms with E-state index in [2.05, 4.69) is 5.32 Å². The fourth-order valence-electron chi connectivity index (χ4n) is 0.745. The summed E-state index contributed by atoms with van der Waals surface area (Å²) in [5.41, 5.74) is 6.35. The minimum Gasteiger partial charge on any atom is -0.392 e. The monoisotopic (exact) mass is 166 g/mol. The van der Waals surface area contributed by atoms with E-state index in [1.807, 2.05) is 30.3 Å². The predicted octanol–water partition coefficient (Wildman–Crippen LogP) is 1.38. The van der Waals surface area contributed by atoms with Crippen LogP contribution in [0.1, 0.15) is 0 Å². The summed E-state index contributed by atoms with van der Waals surface area (Å²) in [6, 6.07) is 9.83. The summed E-state index contributed by atoms with van der Waals surface area (Å²) in [6.45, 7) is 0.555. The van der Waals surface area contributed by atoms with Crippen molar-refractivity contribution in [3.05, 3.63) is 30.3 Å². The third kappa shape index (κ3) is 3.00. The Bertz CT molecular complexity index is 233. The molecule has 2 nitrogen and oxygen atoms in total. The number of para-hydroxylation sites is 1. The highest BCUT2D eigenvalue weighted by molar-refractivity contribution is 7.80. The summed E-state index contributed by atoms with van der Waals surface area (Å²) in [4.78, 5) is 0.480. The van der Waals surface area contributed by atoms with Crippen molar-refractivity contribution in [2.45, 2.75) is 0 Å². The van der Waals surface area contributed by atoms with Gasteiger partial charge in [-0.3, -0.25) is 0 Å². The number of thiocarbonyl (C=S) groups is 1. The molecule has 0 unspecified atom stereocenters.